The largest absolute Gasteiger partial charge is 0.398 e. The summed E-state index contributed by atoms with van der Waals surface area (Å²) < 4.78 is 0. The van der Waals surface area contributed by atoms with Crippen LogP contribution < -0.4 is 11.5 Å². The van der Waals surface area contributed by atoms with Gasteiger partial charge in [0.15, 0.2) is 0 Å². The Labute approximate surface area is 102 Å². The lowest BCUT2D eigenvalue weighted by Crippen LogP contribution is -2.15. The van der Waals surface area contributed by atoms with E-state index in [1.807, 2.05) is 37.3 Å². The summed E-state index contributed by atoms with van der Waals surface area (Å²) in [6.07, 6.45) is 0. The SMILES string of the molecule is Cc1ccc(C(N)c2ccccc2C)c(N)c1. The second-order valence-corrected chi connectivity index (χ2v) is 4.47. The van der Waals surface area contributed by atoms with Crippen LogP contribution >= 0.6 is 0 Å². The van der Waals surface area contributed by atoms with Crippen LogP contribution in [0.4, 0.5) is 5.69 Å². The molecular formula is C15H18N2. The molecule has 2 aromatic rings. The molecule has 0 bridgehead atoms. The van der Waals surface area contributed by atoms with Crippen LogP contribution in [0.3, 0.4) is 0 Å². The smallest absolute Gasteiger partial charge is 0.0574 e. The Morgan fingerprint density at radius 1 is 0.941 bits per heavy atom. The first kappa shape index (κ1) is 11.7. The van der Waals surface area contributed by atoms with Crippen LogP contribution in [0.1, 0.15) is 28.3 Å². The number of nitrogen functional groups attached to an aromatic ring is 1. The van der Waals surface area contributed by atoms with E-state index in [0.717, 1.165) is 22.4 Å². The number of hydrogen-bond acceptors (Lipinski definition) is 2. The molecule has 88 valence electrons. The second-order valence-electron chi connectivity index (χ2n) is 4.47. The Morgan fingerprint density at radius 3 is 2.29 bits per heavy atom. The number of anilines is 1. The van der Waals surface area contributed by atoms with Crippen molar-refractivity contribution in [2.45, 2.75) is 19.9 Å². The fourth-order valence-corrected chi connectivity index (χ4v) is 2.08. The highest BCUT2D eigenvalue weighted by atomic mass is 14.7. The van der Waals surface area contributed by atoms with Crippen molar-refractivity contribution in [2.75, 3.05) is 5.73 Å². The summed E-state index contributed by atoms with van der Waals surface area (Å²) in [7, 11) is 0. The fraction of sp³-hybridized carbons (Fsp3) is 0.200. The molecule has 2 rings (SSSR count). The third-order valence-corrected chi connectivity index (χ3v) is 3.10. The fourth-order valence-electron chi connectivity index (χ4n) is 2.08. The van der Waals surface area contributed by atoms with E-state index in [4.69, 9.17) is 11.5 Å². The van der Waals surface area contributed by atoms with Gasteiger partial charge in [0, 0.05) is 5.69 Å². The minimum Gasteiger partial charge on any atom is -0.398 e. The molecule has 0 aliphatic carbocycles. The molecule has 0 amide bonds. The zero-order chi connectivity index (χ0) is 12.4. The minimum absolute atomic E-state index is 0.156. The molecule has 1 atom stereocenters. The average molecular weight is 226 g/mol. The number of nitrogens with two attached hydrogens (primary N) is 2. The lowest BCUT2D eigenvalue weighted by atomic mass is 9.94. The van der Waals surface area contributed by atoms with E-state index < -0.39 is 0 Å². The molecule has 0 aromatic heterocycles. The van der Waals surface area contributed by atoms with Gasteiger partial charge in [-0.15, -0.1) is 0 Å². The molecule has 2 aromatic carbocycles. The highest BCUT2D eigenvalue weighted by molar-refractivity contribution is 5.53. The van der Waals surface area contributed by atoms with Crippen molar-refractivity contribution in [1.29, 1.82) is 0 Å². The summed E-state index contributed by atoms with van der Waals surface area (Å²) in [5, 5.41) is 0. The molecule has 0 saturated carbocycles. The molecule has 2 heteroatoms. The van der Waals surface area contributed by atoms with E-state index in [2.05, 4.69) is 19.1 Å². The maximum absolute atomic E-state index is 6.29. The maximum Gasteiger partial charge on any atom is 0.0574 e. The third-order valence-electron chi connectivity index (χ3n) is 3.10. The van der Waals surface area contributed by atoms with E-state index in [-0.39, 0.29) is 6.04 Å². The standard InChI is InChI=1S/C15H18N2/c1-10-7-8-13(14(16)9-10)15(17)12-6-4-3-5-11(12)2/h3-9,15H,16-17H2,1-2H3. The molecule has 0 heterocycles. The quantitative estimate of drug-likeness (QED) is 0.773. The molecule has 0 aliphatic heterocycles. The van der Waals surface area contributed by atoms with Gasteiger partial charge in [0.05, 0.1) is 6.04 Å². The first-order valence-corrected chi connectivity index (χ1v) is 5.76. The normalized spacial score (nSPS) is 12.4. The van der Waals surface area contributed by atoms with Gasteiger partial charge in [-0.3, -0.25) is 0 Å². The van der Waals surface area contributed by atoms with E-state index >= 15 is 0 Å². The summed E-state index contributed by atoms with van der Waals surface area (Å²) in [5.74, 6) is 0. The van der Waals surface area contributed by atoms with Crippen LogP contribution in [0.25, 0.3) is 0 Å². The Hall–Kier alpha value is -1.80. The van der Waals surface area contributed by atoms with Gasteiger partial charge >= 0.3 is 0 Å². The topological polar surface area (TPSA) is 52.0 Å². The number of aryl methyl sites for hydroxylation is 2. The minimum atomic E-state index is -0.156. The predicted octanol–water partition coefficient (Wildman–Crippen LogP) is 2.93. The van der Waals surface area contributed by atoms with E-state index in [1.54, 1.807) is 0 Å². The summed E-state index contributed by atoms with van der Waals surface area (Å²) in [5.41, 5.74) is 17.6. The van der Waals surface area contributed by atoms with Crippen LogP contribution in [0.5, 0.6) is 0 Å². The summed E-state index contributed by atoms with van der Waals surface area (Å²) in [4.78, 5) is 0. The zero-order valence-electron chi connectivity index (χ0n) is 10.3. The van der Waals surface area contributed by atoms with Crippen molar-refractivity contribution in [2.24, 2.45) is 5.73 Å². The highest BCUT2D eigenvalue weighted by Gasteiger charge is 2.13. The average Bonchev–Trinajstić information content (AvgIpc) is 2.29. The van der Waals surface area contributed by atoms with Gasteiger partial charge < -0.3 is 11.5 Å². The predicted molar refractivity (Wildman–Crippen MR) is 72.8 cm³/mol. The first-order chi connectivity index (χ1) is 8.09. The molecule has 0 radical (unpaired) electrons. The lowest BCUT2D eigenvalue weighted by molar-refractivity contribution is 0.864. The zero-order valence-corrected chi connectivity index (χ0v) is 10.3. The van der Waals surface area contributed by atoms with Gasteiger partial charge in [-0.05, 0) is 42.2 Å². The van der Waals surface area contributed by atoms with Gasteiger partial charge in [0.1, 0.15) is 0 Å². The molecule has 17 heavy (non-hydrogen) atoms. The molecule has 2 nitrogen and oxygen atoms in total. The number of hydrogen-bond donors (Lipinski definition) is 2. The number of rotatable bonds is 2. The van der Waals surface area contributed by atoms with Crippen molar-refractivity contribution in [1.82, 2.24) is 0 Å². The van der Waals surface area contributed by atoms with E-state index in [0.29, 0.717) is 0 Å². The van der Waals surface area contributed by atoms with Crippen molar-refractivity contribution in [3.8, 4) is 0 Å². The van der Waals surface area contributed by atoms with Crippen LogP contribution in [0.15, 0.2) is 42.5 Å². The van der Waals surface area contributed by atoms with Gasteiger partial charge in [-0.25, -0.2) is 0 Å². The molecular weight excluding hydrogens is 208 g/mol. The van der Waals surface area contributed by atoms with Crippen molar-refractivity contribution in [3.63, 3.8) is 0 Å². The molecule has 0 spiro atoms. The van der Waals surface area contributed by atoms with E-state index in [9.17, 15) is 0 Å². The molecule has 0 saturated heterocycles. The van der Waals surface area contributed by atoms with Crippen LogP contribution in [0, 0.1) is 13.8 Å². The number of benzene rings is 2. The van der Waals surface area contributed by atoms with Crippen LogP contribution in [0.2, 0.25) is 0 Å². The van der Waals surface area contributed by atoms with Gasteiger partial charge in [-0.2, -0.15) is 0 Å². The Kier molecular flexibility index (Phi) is 3.16. The summed E-state index contributed by atoms with van der Waals surface area (Å²) in [6, 6.07) is 14.0. The van der Waals surface area contributed by atoms with Gasteiger partial charge in [0.2, 0.25) is 0 Å². The second kappa shape index (κ2) is 4.60. The summed E-state index contributed by atoms with van der Waals surface area (Å²) >= 11 is 0. The van der Waals surface area contributed by atoms with Crippen molar-refractivity contribution in [3.05, 3.63) is 64.7 Å². The van der Waals surface area contributed by atoms with Gasteiger partial charge in [0.25, 0.3) is 0 Å². The van der Waals surface area contributed by atoms with Crippen LogP contribution in [-0.4, -0.2) is 0 Å². The van der Waals surface area contributed by atoms with Crippen LogP contribution in [-0.2, 0) is 0 Å². The molecule has 4 N–H and O–H groups in total. The molecule has 0 fully saturated rings. The Bertz CT molecular complexity index is 532. The van der Waals surface area contributed by atoms with Crippen molar-refractivity contribution < 1.29 is 0 Å². The summed E-state index contributed by atoms with van der Waals surface area (Å²) in [6.45, 7) is 4.10. The molecule has 1 unspecified atom stereocenters. The van der Waals surface area contributed by atoms with Gasteiger partial charge in [-0.1, -0.05) is 36.4 Å². The monoisotopic (exact) mass is 226 g/mol. The first-order valence-electron chi connectivity index (χ1n) is 5.76. The van der Waals surface area contributed by atoms with E-state index in [1.165, 1.54) is 5.56 Å². The maximum atomic E-state index is 6.29. The third kappa shape index (κ3) is 2.32. The molecule has 0 aliphatic rings. The lowest BCUT2D eigenvalue weighted by Gasteiger charge is -2.17. The van der Waals surface area contributed by atoms with Crippen molar-refractivity contribution >= 4 is 5.69 Å². The Balaban J connectivity index is 2.44. The Morgan fingerprint density at radius 2 is 1.65 bits per heavy atom. The highest BCUT2D eigenvalue weighted by Crippen LogP contribution is 2.27.